The predicted molar refractivity (Wildman–Crippen MR) is 123 cm³/mol. The fourth-order valence-electron chi connectivity index (χ4n) is 4.04. The molecular formula is C22H28N10O. The molecule has 1 fully saturated rings. The highest BCUT2D eigenvalue weighted by molar-refractivity contribution is 5.61. The summed E-state index contributed by atoms with van der Waals surface area (Å²) >= 11 is 0. The zero-order chi connectivity index (χ0) is 22.8. The van der Waals surface area contributed by atoms with Gasteiger partial charge in [0, 0.05) is 31.3 Å². The molecule has 1 aliphatic rings. The van der Waals surface area contributed by atoms with Gasteiger partial charge in [0.25, 0.3) is 0 Å². The summed E-state index contributed by atoms with van der Waals surface area (Å²) in [6.45, 7) is 6.59. The SMILES string of the molecule is CC(C)c1cnn2c(NCc3ccccc3-c3nnnn3C)nc(O[C@@H]3CCCNC3)nc12. The molecule has 0 spiro atoms. The van der Waals surface area contributed by atoms with Crippen LogP contribution in [0, 0.1) is 0 Å². The number of hydrogen-bond donors (Lipinski definition) is 2. The Labute approximate surface area is 191 Å². The van der Waals surface area contributed by atoms with Crippen LogP contribution >= 0.6 is 0 Å². The van der Waals surface area contributed by atoms with Crippen LogP contribution in [0.25, 0.3) is 17.0 Å². The molecule has 33 heavy (non-hydrogen) atoms. The van der Waals surface area contributed by atoms with Gasteiger partial charge >= 0.3 is 6.01 Å². The van der Waals surface area contributed by atoms with E-state index in [1.807, 2.05) is 37.5 Å². The summed E-state index contributed by atoms with van der Waals surface area (Å²) in [5, 5.41) is 23.2. The van der Waals surface area contributed by atoms with Crippen LogP contribution in [0.4, 0.5) is 5.95 Å². The number of anilines is 1. The maximum Gasteiger partial charge on any atom is 0.322 e. The van der Waals surface area contributed by atoms with Crippen LogP contribution in [0.5, 0.6) is 6.01 Å². The first-order valence-corrected chi connectivity index (χ1v) is 11.3. The number of ether oxygens (including phenoxy) is 1. The van der Waals surface area contributed by atoms with Gasteiger partial charge in [-0.1, -0.05) is 38.1 Å². The van der Waals surface area contributed by atoms with Gasteiger partial charge in [-0.25, -0.2) is 4.68 Å². The van der Waals surface area contributed by atoms with Crippen molar-refractivity contribution in [3.8, 4) is 17.4 Å². The highest BCUT2D eigenvalue weighted by Crippen LogP contribution is 2.25. The van der Waals surface area contributed by atoms with Gasteiger partial charge in [0.15, 0.2) is 11.5 Å². The molecule has 1 aromatic carbocycles. The minimum atomic E-state index is 0.0589. The van der Waals surface area contributed by atoms with Crippen LogP contribution in [0.1, 0.15) is 43.7 Å². The van der Waals surface area contributed by atoms with Crippen molar-refractivity contribution in [2.45, 2.75) is 45.3 Å². The van der Waals surface area contributed by atoms with Gasteiger partial charge in [-0.3, -0.25) is 0 Å². The number of tetrazole rings is 1. The number of nitrogens with zero attached hydrogens (tertiary/aromatic N) is 8. The third kappa shape index (κ3) is 4.36. The normalized spacial score (nSPS) is 16.4. The number of aryl methyl sites for hydroxylation is 1. The first-order valence-electron chi connectivity index (χ1n) is 11.3. The molecule has 4 aromatic rings. The molecule has 0 aliphatic carbocycles. The Morgan fingerprint density at radius 3 is 2.88 bits per heavy atom. The van der Waals surface area contributed by atoms with Crippen molar-refractivity contribution in [2.24, 2.45) is 7.05 Å². The predicted octanol–water partition coefficient (Wildman–Crippen LogP) is 2.18. The summed E-state index contributed by atoms with van der Waals surface area (Å²) in [6, 6.07) is 8.39. The lowest BCUT2D eigenvalue weighted by molar-refractivity contribution is 0.153. The Hall–Kier alpha value is -3.60. The van der Waals surface area contributed by atoms with Crippen LogP contribution < -0.4 is 15.4 Å². The average molecular weight is 449 g/mol. The molecule has 11 nitrogen and oxygen atoms in total. The van der Waals surface area contributed by atoms with Crippen molar-refractivity contribution in [1.82, 2.24) is 45.1 Å². The number of nitrogens with one attached hydrogen (secondary N) is 2. The Balaban J connectivity index is 1.47. The molecule has 0 saturated carbocycles. The molecule has 0 bridgehead atoms. The smallest absolute Gasteiger partial charge is 0.322 e. The molecule has 4 heterocycles. The molecule has 0 unspecified atom stereocenters. The summed E-state index contributed by atoms with van der Waals surface area (Å²) in [6.07, 6.45) is 3.98. The van der Waals surface area contributed by atoms with Crippen molar-refractivity contribution < 1.29 is 4.74 Å². The van der Waals surface area contributed by atoms with E-state index >= 15 is 0 Å². The highest BCUT2D eigenvalue weighted by atomic mass is 16.5. The molecule has 11 heteroatoms. The molecule has 2 N–H and O–H groups in total. The standard InChI is InChI=1S/C22H28N10O/c1-14(2)18-13-25-32-19(18)26-22(33-16-8-6-10-23-12-16)27-21(32)24-11-15-7-4-5-9-17(15)20-28-29-30-31(20)3/h4-5,7,9,13-14,16,23H,6,8,10-12H2,1-3H3,(H,24,26,27)/t16-/m1/s1. The van der Waals surface area contributed by atoms with E-state index in [0.29, 0.717) is 24.3 Å². The van der Waals surface area contributed by atoms with Gasteiger partial charge in [-0.15, -0.1) is 5.10 Å². The quantitative estimate of drug-likeness (QED) is 0.438. The Bertz CT molecular complexity index is 1240. The summed E-state index contributed by atoms with van der Waals surface area (Å²) in [4.78, 5) is 9.38. The number of piperidine rings is 1. The summed E-state index contributed by atoms with van der Waals surface area (Å²) in [7, 11) is 1.83. The van der Waals surface area contributed by atoms with Crippen molar-refractivity contribution >= 4 is 11.6 Å². The first kappa shape index (κ1) is 21.3. The number of hydrogen-bond acceptors (Lipinski definition) is 9. The molecule has 5 rings (SSSR count). The van der Waals surface area contributed by atoms with Crippen LogP contribution in [0.15, 0.2) is 30.5 Å². The Morgan fingerprint density at radius 2 is 2.12 bits per heavy atom. The first-order chi connectivity index (χ1) is 16.1. The van der Waals surface area contributed by atoms with Gasteiger partial charge in [-0.05, 0) is 41.3 Å². The fraction of sp³-hybridized carbons (Fsp3) is 0.455. The van der Waals surface area contributed by atoms with Crippen molar-refractivity contribution in [1.29, 1.82) is 0 Å². The second-order valence-corrected chi connectivity index (χ2v) is 8.54. The summed E-state index contributed by atoms with van der Waals surface area (Å²) in [5.74, 6) is 1.56. The fourth-order valence-corrected chi connectivity index (χ4v) is 4.04. The summed E-state index contributed by atoms with van der Waals surface area (Å²) in [5.41, 5.74) is 3.80. The third-order valence-corrected chi connectivity index (χ3v) is 5.84. The maximum atomic E-state index is 6.16. The van der Waals surface area contributed by atoms with Gasteiger partial charge in [0.2, 0.25) is 5.95 Å². The second-order valence-electron chi connectivity index (χ2n) is 8.54. The molecular weight excluding hydrogens is 420 g/mol. The number of aromatic nitrogens is 8. The lowest BCUT2D eigenvalue weighted by Crippen LogP contribution is -2.37. The molecule has 3 aromatic heterocycles. The zero-order valence-electron chi connectivity index (χ0n) is 19.1. The average Bonchev–Trinajstić information content (AvgIpc) is 3.44. The number of benzene rings is 1. The lowest BCUT2D eigenvalue weighted by Gasteiger charge is -2.23. The minimum Gasteiger partial charge on any atom is -0.459 e. The second kappa shape index (κ2) is 9.10. The monoisotopic (exact) mass is 448 g/mol. The molecule has 1 aliphatic heterocycles. The minimum absolute atomic E-state index is 0.0589. The maximum absolute atomic E-state index is 6.16. The van der Waals surface area contributed by atoms with Crippen molar-refractivity contribution in [3.63, 3.8) is 0 Å². The molecule has 1 atom stereocenters. The topological polar surface area (TPSA) is 120 Å². The van der Waals surface area contributed by atoms with Gasteiger partial charge in [0.1, 0.15) is 6.10 Å². The van der Waals surface area contributed by atoms with Crippen molar-refractivity contribution in [3.05, 3.63) is 41.6 Å². The molecule has 172 valence electrons. The van der Waals surface area contributed by atoms with E-state index in [9.17, 15) is 0 Å². The largest absolute Gasteiger partial charge is 0.459 e. The van der Waals surface area contributed by atoms with E-state index in [-0.39, 0.29) is 12.0 Å². The lowest BCUT2D eigenvalue weighted by atomic mass is 10.1. The molecule has 1 saturated heterocycles. The third-order valence-electron chi connectivity index (χ3n) is 5.84. The Kier molecular flexibility index (Phi) is 5.86. The molecule has 0 radical (unpaired) electrons. The van der Waals surface area contributed by atoms with Gasteiger partial charge in [-0.2, -0.15) is 19.6 Å². The van der Waals surface area contributed by atoms with E-state index in [4.69, 9.17) is 9.72 Å². The van der Waals surface area contributed by atoms with Crippen molar-refractivity contribution in [2.75, 3.05) is 18.4 Å². The van der Waals surface area contributed by atoms with E-state index in [2.05, 4.69) is 50.1 Å². The number of rotatable bonds is 7. The van der Waals surface area contributed by atoms with Crippen LogP contribution in [-0.4, -0.2) is 59.0 Å². The van der Waals surface area contributed by atoms with E-state index < -0.39 is 0 Å². The van der Waals surface area contributed by atoms with Crippen LogP contribution in [-0.2, 0) is 13.6 Å². The van der Waals surface area contributed by atoms with E-state index in [1.165, 1.54) is 0 Å². The van der Waals surface area contributed by atoms with Gasteiger partial charge < -0.3 is 15.4 Å². The van der Waals surface area contributed by atoms with E-state index in [1.54, 1.807) is 9.20 Å². The zero-order valence-corrected chi connectivity index (χ0v) is 19.1. The van der Waals surface area contributed by atoms with Gasteiger partial charge in [0.05, 0.1) is 6.20 Å². The molecule has 0 amide bonds. The van der Waals surface area contributed by atoms with Crippen LogP contribution in [0.2, 0.25) is 0 Å². The highest BCUT2D eigenvalue weighted by Gasteiger charge is 2.20. The number of fused-ring (bicyclic) bond motifs is 1. The van der Waals surface area contributed by atoms with E-state index in [0.717, 1.165) is 48.3 Å². The van der Waals surface area contributed by atoms with Crippen LogP contribution in [0.3, 0.4) is 0 Å². The summed E-state index contributed by atoms with van der Waals surface area (Å²) < 4.78 is 9.57. The Morgan fingerprint density at radius 1 is 1.24 bits per heavy atom.